The summed E-state index contributed by atoms with van der Waals surface area (Å²) in [6, 6.07) is 0. The molecule has 0 aromatic carbocycles. The van der Waals surface area contributed by atoms with Crippen LogP contribution in [-0.4, -0.2) is 40.7 Å². The van der Waals surface area contributed by atoms with Crippen molar-refractivity contribution in [3.8, 4) is 0 Å². The quantitative estimate of drug-likeness (QED) is 0.433. The maximum Gasteiger partial charge on any atom is 0.431 e. The number of hydrogen-bond acceptors (Lipinski definition) is 4. The molecule has 17 heavy (non-hydrogen) atoms. The third-order valence-corrected chi connectivity index (χ3v) is 1.63. The van der Waals surface area contributed by atoms with Crippen molar-refractivity contribution in [1.29, 1.82) is 5.41 Å². The van der Waals surface area contributed by atoms with Gasteiger partial charge in [0.05, 0.1) is 5.60 Å². The van der Waals surface area contributed by atoms with Crippen LogP contribution in [0.3, 0.4) is 0 Å². The maximum atomic E-state index is 12.5. The molecule has 0 aliphatic rings. The largest absolute Gasteiger partial charge is 0.478 e. The SMILES string of the molecule is CC(C)(O)CN/C(=C(\C=N)C(=O)O)C(F)(F)F. The Morgan fingerprint density at radius 3 is 2.12 bits per heavy atom. The summed E-state index contributed by atoms with van der Waals surface area (Å²) in [6.07, 6.45) is -4.83. The fourth-order valence-corrected chi connectivity index (χ4v) is 0.894. The number of rotatable bonds is 5. The van der Waals surface area contributed by atoms with E-state index in [1.54, 1.807) is 5.32 Å². The summed E-state index contributed by atoms with van der Waals surface area (Å²) in [5.74, 6) is -1.87. The van der Waals surface area contributed by atoms with E-state index in [4.69, 9.17) is 10.5 Å². The Hall–Kier alpha value is -1.57. The smallest absolute Gasteiger partial charge is 0.431 e. The van der Waals surface area contributed by atoms with Gasteiger partial charge < -0.3 is 20.9 Å². The molecule has 98 valence electrons. The molecular weight excluding hydrogens is 241 g/mol. The standard InChI is InChI=1S/C9H13F3N2O3/c1-8(2,17)4-14-6(9(10,11)12)5(3-13)7(15)16/h3,13-14,17H,4H2,1-2H3,(H,15,16)/b6-5+,13-3?. The molecule has 0 atom stereocenters. The first-order chi connectivity index (χ1) is 7.49. The number of carboxylic acid groups (broad SMARTS) is 1. The van der Waals surface area contributed by atoms with Crippen LogP contribution >= 0.6 is 0 Å². The van der Waals surface area contributed by atoms with Gasteiger partial charge in [-0.1, -0.05) is 0 Å². The Morgan fingerprint density at radius 1 is 1.41 bits per heavy atom. The third-order valence-electron chi connectivity index (χ3n) is 1.63. The zero-order valence-electron chi connectivity index (χ0n) is 9.22. The monoisotopic (exact) mass is 254 g/mol. The number of aliphatic hydroxyl groups is 1. The summed E-state index contributed by atoms with van der Waals surface area (Å²) >= 11 is 0. The number of hydrogen-bond donors (Lipinski definition) is 4. The fraction of sp³-hybridized carbons (Fsp3) is 0.556. The van der Waals surface area contributed by atoms with Crippen molar-refractivity contribution in [3.05, 3.63) is 11.3 Å². The Bertz CT molecular complexity index is 342. The second-order valence-electron chi connectivity index (χ2n) is 3.90. The molecule has 0 unspecified atom stereocenters. The van der Waals surface area contributed by atoms with Crippen LogP contribution in [0.2, 0.25) is 0 Å². The van der Waals surface area contributed by atoms with E-state index in [2.05, 4.69) is 0 Å². The summed E-state index contributed by atoms with van der Waals surface area (Å²) in [7, 11) is 0. The lowest BCUT2D eigenvalue weighted by atomic mass is 10.1. The molecule has 0 aromatic heterocycles. The van der Waals surface area contributed by atoms with E-state index in [0.717, 1.165) is 0 Å². The van der Waals surface area contributed by atoms with Gasteiger partial charge in [0.15, 0.2) is 0 Å². The number of allylic oxidation sites excluding steroid dienone is 1. The number of carbonyl (C=O) groups is 1. The molecule has 0 aliphatic heterocycles. The number of nitrogens with one attached hydrogen (secondary N) is 2. The lowest BCUT2D eigenvalue weighted by Crippen LogP contribution is -2.39. The van der Waals surface area contributed by atoms with E-state index in [9.17, 15) is 23.1 Å². The minimum absolute atomic E-state index is 0.0997. The van der Waals surface area contributed by atoms with Crippen molar-refractivity contribution in [2.75, 3.05) is 6.54 Å². The van der Waals surface area contributed by atoms with Gasteiger partial charge in [0.2, 0.25) is 0 Å². The third kappa shape index (κ3) is 5.34. The molecule has 0 aromatic rings. The molecule has 4 N–H and O–H groups in total. The van der Waals surface area contributed by atoms with E-state index < -0.39 is 35.6 Å². The molecule has 0 spiro atoms. The molecule has 0 radical (unpaired) electrons. The molecule has 0 saturated carbocycles. The van der Waals surface area contributed by atoms with Crippen molar-refractivity contribution in [1.82, 2.24) is 5.32 Å². The second kappa shape index (κ2) is 5.17. The second-order valence-corrected chi connectivity index (χ2v) is 3.90. The molecular formula is C9H13F3N2O3. The maximum absolute atomic E-state index is 12.5. The summed E-state index contributed by atoms with van der Waals surface area (Å²) in [6.45, 7) is 2.03. The van der Waals surface area contributed by atoms with Crippen molar-refractivity contribution in [2.24, 2.45) is 0 Å². The fourth-order valence-electron chi connectivity index (χ4n) is 0.894. The van der Waals surface area contributed by atoms with Crippen LogP contribution in [-0.2, 0) is 4.79 Å². The minimum Gasteiger partial charge on any atom is -0.478 e. The summed E-state index contributed by atoms with van der Waals surface area (Å²) < 4.78 is 37.6. The Labute approximate surface area is 95.5 Å². The highest BCUT2D eigenvalue weighted by Crippen LogP contribution is 2.26. The zero-order valence-corrected chi connectivity index (χ0v) is 9.22. The first-order valence-corrected chi connectivity index (χ1v) is 4.50. The summed E-state index contributed by atoms with van der Waals surface area (Å²) in [5, 5.41) is 26.3. The molecule has 0 fully saturated rings. The molecule has 0 bridgehead atoms. The average Bonchev–Trinajstić information content (AvgIpc) is 2.07. The predicted octanol–water partition coefficient (Wildman–Crippen LogP) is 0.897. The topological polar surface area (TPSA) is 93.4 Å². The number of carboxylic acids is 1. The van der Waals surface area contributed by atoms with Gasteiger partial charge >= 0.3 is 12.1 Å². The zero-order chi connectivity index (χ0) is 13.9. The van der Waals surface area contributed by atoms with Gasteiger partial charge in [-0.2, -0.15) is 13.2 Å². The highest BCUT2D eigenvalue weighted by atomic mass is 19.4. The van der Waals surface area contributed by atoms with Crippen molar-refractivity contribution < 1.29 is 28.2 Å². The van der Waals surface area contributed by atoms with Crippen molar-refractivity contribution in [3.63, 3.8) is 0 Å². The van der Waals surface area contributed by atoms with Crippen LogP contribution in [0.5, 0.6) is 0 Å². The van der Waals surface area contributed by atoms with E-state index in [1.807, 2.05) is 0 Å². The molecule has 0 aliphatic carbocycles. The predicted molar refractivity (Wildman–Crippen MR) is 53.8 cm³/mol. The average molecular weight is 254 g/mol. The van der Waals surface area contributed by atoms with Crippen LogP contribution in [0.25, 0.3) is 0 Å². The number of aliphatic carboxylic acids is 1. The Kier molecular flexibility index (Phi) is 4.70. The molecule has 0 saturated heterocycles. The number of halogens is 3. The first kappa shape index (κ1) is 15.4. The Balaban J connectivity index is 5.29. The number of alkyl halides is 3. The van der Waals surface area contributed by atoms with Crippen LogP contribution in [0, 0.1) is 5.41 Å². The molecule has 0 amide bonds. The van der Waals surface area contributed by atoms with E-state index >= 15 is 0 Å². The highest BCUT2D eigenvalue weighted by Gasteiger charge is 2.38. The highest BCUT2D eigenvalue weighted by molar-refractivity contribution is 6.08. The lowest BCUT2D eigenvalue weighted by molar-refractivity contribution is -0.133. The van der Waals surface area contributed by atoms with Gasteiger partial charge in [0, 0.05) is 12.8 Å². The van der Waals surface area contributed by atoms with E-state index in [0.29, 0.717) is 0 Å². The normalized spacial score (nSPS) is 14.0. The van der Waals surface area contributed by atoms with Crippen LogP contribution < -0.4 is 5.32 Å². The van der Waals surface area contributed by atoms with Crippen molar-refractivity contribution in [2.45, 2.75) is 25.6 Å². The van der Waals surface area contributed by atoms with Crippen LogP contribution in [0.1, 0.15) is 13.8 Å². The molecule has 0 heterocycles. The van der Waals surface area contributed by atoms with Crippen LogP contribution in [0.4, 0.5) is 13.2 Å². The van der Waals surface area contributed by atoms with E-state index in [-0.39, 0.29) is 6.21 Å². The summed E-state index contributed by atoms with van der Waals surface area (Å²) in [4.78, 5) is 10.5. The van der Waals surface area contributed by atoms with Crippen molar-refractivity contribution >= 4 is 12.2 Å². The Morgan fingerprint density at radius 2 is 1.88 bits per heavy atom. The van der Waals surface area contributed by atoms with Gasteiger partial charge in [-0.25, -0.2) is 4.79 Å². The minimum atomic E-state index is -4.93. The molecule has 5 nitrogen and oxygen atoms in total. The van der Waals surface area contributed by atoms with Gasteiger partial charge in [-0.05, 0) is 13.8 Å². The first-order valence-electron chi connectivity index (χ1n) is 4.50. The lowest BCUT2D eigenvalue weighted by Gasteiger charge is -2.22. The van der Waals surface area contributed by atoms with Gasteiger partial charge in [-0.3, -0.25) is 0 Å². The van der Waals surface area contributed by atoms with Gasteiger partial charge in [-0.15, -0.1) is 0 Å². The summed E-state index contributed by atoms with van der Waals surface area (Å²) in [5.41, 5.74) is -4.20. The molecule has 8 heteroatoms. The van der Waals surface area contributed by atoms with Crippen LogP contribution in [0.15, 0.2) is 11.3 Å². The van der Waals surface area contributed by atoms with E-state index in [1.165, 1.54) is 13.8 Å². The van der Waals surface area contributed by atoms with Gasteiger partial charge in [0.1, 0.15) is 11.3 Å². The van der Waals surface area contributed by atoms with Gasteiger partial charge in [0.25, 0.3) is 0 Å². The molecule has 0 rings (SSSR count).